The maximum absolute atomic E-state index is 13.4. The molecule has 3 heterocycles. The van der Waals surface area contributed by atoms with Gasteiger partial charge in [-0.2, -0.15) is 0 Å². The van der Waals surface area contributed by atoms with Crippen molar-refractivity contribution in [3.63, 3.8) is 0 Å². The molecule has 192 valence electrons. The molecular formula is C30H34ClN5O. The van der Waals surface area contributed by atoms with E-state index in [4.69, 9.17) is 11.6 Å². The maximum Gasteiger partial charge on any atom is 0.270 e. The molecule has 0 bridgehead atoms. The third-order valence-electron chi connectivity index (χ3n) is 7.05. The summed E-state index contributed by atoms with van der Waals surface area (Å²) >= 11 is 6.03. The largest absolute Gasteiger partial charge is 0.386 e. The summed E-state index contributed by atoms with van der Waals surface area (Å²) in [5.74, 6) is -0.0699. The Balaban J connectivity index is 1.19. The molecule has 2 aromatic carbocycles. The van der Waals surface area contributed by atoms with Crippen LogP contribution in [0, 0.1) is 0 Å². The smallest absolute Gasteiger partial charge is 0.270 e. The lowest BCUT2D eigenvalue weighted by Crippen LogP contribution is -2.46. The van der Waals surface area contributed by atoms with Gasteiger partial charge in [0.15, 0.2) is 0 Å². The molecule has 0 aromatic heterocycles. The number of halogens is 1. The van der Waals surface area contributed by atoms with E-state index >= 15 is 0 Å². The van der Waals surface area contributed by atoms with Crippen molar-refractivity contribution in [1.82, 2.24) is 15.5 Å². The Bertz CT molecular complexity index is 1220. The molecule has 3 aliphatic rings. The molecule has 7 heteroatoms. The fourth-order valence-electron chi connectivity index (χ4n) is 5.00. The highest BCUT2D eigenvalue weighted by molar-refractivity contribution is 6.30. The van der Waals surface area contributed by atoms with Crippen LogP contribution in [0.3, 0.4) is 0 Å². The van der Waals surface area contributed by atoms with Crippen LogP contribution in [-0.4, -0.2) is 43.5 Å². The number of carbonyl (C=O) groups excluding carboxylic acids is 1. The van der Waals surface area contributed by atoms with Crippen LogP contribution in [0.15, 0.2) is 96.1 Å². The van der Waals surface area contributed by atoms with Gasteiger partial charge in [-0.15, -0.1) is 0 Å². The molecule has 0 radical (unpaired) electrons. The molecule has 5 rings (SSSR count). The fraction of sp³-hybridized carbons (Fsp3) is 0.300. The van der Waals surface area contributed by atoms with Gasteiger partial charge in [-0.25, -0.2) is 0 Å². The molecule has 0 unspecified atom stereocenters. The lowest BCUT2D eigenvalue weighted by Gasteiger charge is -2.37. The van der Waals surface area contributed by atoms with E-state index in [-0.39, 0.29) is 5.91 Å². The number of carbonyl (C=O) groups is 1. The Morgan fingerprint density at radius 2 is 1.59 bits per heavy atom. The predicted molar refractivity (Wildman–Crippen MR) is 152 cm³/mol. The summed E-state index contributed by atoms with van der Waals surface area (Å²) in [6.07, 6.45) is 11.9. The average molecular weight is 516 g/mol. The van der Waals surface area contributed by atoms with E-state index in [1.807, 2.05) is 35.4 Å². The average Bonchev–Trinajstić information content (AvgIpc) is 2.93. The van der Waals surface area contributed by atoms with Crippen LogP contribution >= 0.6 is 11.6 Å². The number of piperazine rings is 1. The molecule has 6 nitrogen and oxygen atoms in total. The summed E-state index contributed by atoms with van der Waals surface area (Å²) in [7, 11) is 0. The summed E-state index contributed by atoms with van der Waals surface area (Å²) in [5.41, 5.74) is 6.20. The predicted octanol–water partition coefficient (Wildman–Crippen LogP) is 5.17. The monoisotopic (exact) mass is 515 g/mol. The second-order valence-electron chi connectivity index (χ2n) is 9.40. The van der Waals surface area contributed by atoms with E-state index in [0.717, 1.165) is 67.5 Å². The van der Waals surface area contributed by atoms with Gasteiger partial charge >= 0.3 is 0 Å². The standard InChI is InChI=1S/C30H34ClN5O/c1-2-28-29(36-17-4-3-6-27(36)7-5-16-32-28)30(37)33-22-23-8-12-25(13-9-23)34-18-20-35(21-19-34)26-14-10-24(31)11-15-26/h3-4,6-15,17,32H,2,5,16,18-22H2,1H3,(H,33,37)/b27-7+,29-28-. The van der Waals surface area contributed by atoms with Gasteiger partial charge in [0.05, 0.1) is 0 Å². The lowest BCUT2D eigenvalue weighted by molar-refractivity contribution is -0.118. The van der Waals surface area contributed by atoms with Crippen LogP contribution in [0.5, 0.6) is 0 Å². The zero-order valence-corrected chi connectivity index (χ0v) is 22.0. The first-order chi connectivity index (χ1) is 18.1. The third-order valence-corrected chi connectivity index (χ3v) is 7.30. The zero-order valence-electron chi connectivity index (χ0n) is 21.3. The van der Waals surface area contributed by atoms with E-state index in [2.05, 4.69) is 75.9 Å². The molecule has 3 aliphatic heterocycles. The summed E-state index contributed by atoms with van der Waals surface area (Å²) in [5, 5.41) is 7.37. The molecule has 1 saturated heterocycles. The Morgan fingerprint density at radius 1 is 0.946 bits per heavy atom. The first-order valence-electron chi connectivity index (χ1n) is 13.1. The van der Waals surface area contributed by atoms with Crippen LogP contribution in [0.4, 0.5) is 11.4 Å². The van der Waals surface area contributed by atoms with Crippen molar-refractivity contribution >= 4 is 28.9 Å². The van der Waals surface area contributed by atoms with Gasteiger partial charge in [0.25, 0.3) is 5.91 Å². The number of hydrogen-bond acceptors (Lipinski definition) is 5. The maximum atomic E-state index is 13.4. The van der Waals surface area contributed by atoms with Crippen molar-refractivity contribution in [1.29, 1.82) is 0 Å². The van der Waals surface area contributed by atoms with Gasteiger partial charge in [0, 0.05) is 73.3 Å². The first kappa shape index (κ1) is 25.0. The number of nitrogens with zero attached hydrogens (tertiary/aromatic N) is 3. The Morgan fingerprint density at radius 3 is 2.24 bits per heavy atom. The highest BCUT2D eigenvalue weighted by Crippen LogP contribution is 2.25. The lowest BCUT2D eigenvalue weighted by atomic mass is 10.1. The fourth-order valence-corrected chi connectivity index (χ4v) is 5.13. The quantitative estimate of drug-likeness (QED) is 0.556. The number of rotatable bonds is 6. The van der Waals surface area contributed by atoms with Gasteiger partial charge in [-0.05, 0) is 67.0 Å². The molecule has 37 heavy (non-hydrogen) atoms. The summed E-state index contributed by atoms with van der Waals surface area (Å²) < 4.78 is 0. The van der Waals surface area contributed by atoms with Crippen molar-refractivity contribution in [3.8, 4) is 0 Å². The normalized spacial score (nSPS) is 20.9. The number of amides is 1. The molecule has 0 spiro atoms. The van der Waals surface area contributed by atoms with Crippen molar-refractivity contribution < 1.29 is 4.79 Å². The highest BCUT2D eigenvalue weighted by Gasteiger charge is 2.24. The number of benzene rings is 2. The van der Waals surface area contributed by atoms with E-state index < -0.39 is 0 Å². The van der Waals surface area contributed by atoms with Gasteiger partial charge in [0.1, 0.15) is 5.70 Å². The van der Waals surface area contributed by atoms with Gasteiger partial charge in [0.2, 0.25) is 0 Å². The molecule has 0 saturated carbocycles. The van der Waals surface area contributed by atoms with E-state index in [9.17, 15) is 4.79 Å². The SMILES string of the molecule is CC/C1=C(\C(=O)NCc2ccc(N3CCN(c4ccc(Cl)cc4)CC3)cc2)N2C=CC=C/C2=C\CCN1. The summed E-state index contributed by atoms with van der Waals surface area (Å²) in [6, 6.07) is 16.6. The Labute approximate surface area is 224 Å². The van der Waals surface area contributed by atoms with Crippen LogP contribution in [0.1, 0.15) is 25.3 Å². The molecule has 0 atom stereocenters. The van der Waals surface area contributed by atoms with Crippen molar-refractivity contribution in [3.05, 3.63) is 107 Å². The first-order valence-corrected chi connectivity index (χ1v) is 13.4. The van der Waals surface area contributed by atoms with Crippen LogP contribution < -0.4 is 20.4 Å². The van der Waals surface area contributed by atoms with Crippen LogP contribution in [0.2, 0.25) is 5.02 Å². The minimum Gasteiger partial charge on any atom is -0.386 e. The van der Waals surface area contributed by atoms with Gasteiger partial charge in [-0.3, -0.25) is 4.79 Å². The number of anilines is 2. The Hall–Kier alpha value is -3.64. The van der Waals surface area contributed by atoms with Crippen LogP contribution in [-0.2, 0) is 11.3 Å². The van der Waals surface area contributed by atoms with E-state index in [1.54, 1.807) is 0 Å². The van der Waals surface area contributed by atoms with Gasteiger partial charge in [-0.1, -0.05) is 42.8 Å². The van der Waals surface area contributed by atoms with Gasteiger partial charge < -0.3 is 25.3 Å². The molecule has 1 amide bonds. The summed E-state index contributed by atoms with van der Waals surface area (Å²) in [4.78, 5) is 20.2. The number of fused-ring (bicyclic) bond motifs is 1. The third kappa shape index (κ3) is 5.86. The minimum absolute atomic E-state index is 0.0699. The van der Waals surface area contributed by atoms with E-state index in [0.29, 0.717) is 12.2 Å². The second-order valence-corrected chi connectivity index (χ2v) is 9.83. The highest BCUT2D eigenvalue weighted by atomic mass is 35.5. The molecule has 2 N–H and O–H groups in total. The molecular weight excluding hydrogens is 482 g/mol. The van der Waals surface area contributed by atoms with Crippen molar-refractivity contribution in [2.75, 3.05) is 42.5 Å². The van der Waals surface area contributed by atoms with Crippen LogP contribution in [0.25, 0.3) is 0 Å². The van der Waals surface area contributed by atoms with Crippen molar-refractivity contribution in [2.45, 2.75) is 26.3 Å². The van der Waals surface area contributed by atoms with Crippen molar-refractivity contribution in [2.24, 2.45) is 0 Å². The number of allylic oxidation sites excluding steroid dienone is 4. The zero-order chi connectivity index (χ0) is 25.6. The summed E-state index contributed by atoms with van der Waals surface area (Å²) in [6.45, 7) is 7.26. The Kier molecular flexibility index (Phi) is 7.85. The number of hydrogen-bond donors (Lipinski definition) is 2. The topological polar surface area (TPSA) is 50.9 Å². The molecule has 1 fully saturated rings. The number of nitrogens with one attached hydrogen (secondary N) is 2. The van der Waals surface area contributed by atoms with E-state index in [1.165, 1.54) is 11.4 Å². The molecule has 0 aliphatic carbocycles. The second kappa shape index (κ2) is 11.6. The molecule has 2 aromatic rings. The minimum atomic E-state index is -0.0699.